The first-order valence-corrected chi connectivity index (χ1v) is 11.0. The van der Waals surface area contributed by atoms with Gasteiger partial charge in [0, 0.05) is 30.8 Å². The van der Waals surface area contributed by atoms with E-state index in [2.05, 4.69) is 49.3 Å². The van der Waals surface area contributed by atoms with Crippen LogP contribution in [0.4, 0.5) is 0 Å². The van der Waals surface area contributed by atoms with Crippen molar-refractivity contribution in [2.75, 3.05) is 6.54 Å². The molecule has 0 radical (unpaired) electrons. The Morgan fingerprint density at radius 1 is 1.11 bits per heavy atom. The fourth-order valence-corrected chi connectivity index (χ4v) is 7.14. The third kappa shape index (κ3) is 2.54. The van der Waals surface area contributed by atoms with Gasteiger partial charge in [-0.25, -0.2) is 0 Å². The maximum Gasteiger partial charge on any atom is 0.220 e. The minimum absolute atomic E-state index is 0.151. The van der Waals surface area contributed by atoms with Crippen LogP contribution in [-0.2, 0) is 4.79 Å². The molecule has 1 aromatic heterocycles. The van der Waals surface area contributed by atoms with Gasteiger partial charge in [0.05, 0.1) is 0 Å². The van der Waals surface area contributed by atoms with Crippen LogP contribution >= 0.6 is 0 Å². The van der Waals surface area contributed by atoms with Crippen molar-refractivity contribution in [1.29, 1.82) is 0 Å². The number of amides is 1. The van der Waals surface area contributed by atoms with Gasteiger partial charge in [-0.15, -0.1) is 0 Å². The lowest BCUT2D eigenvalue weighted by atomic mass is 9.47. The van der Waals surface area contributed by atoms with Crippen LogP contribution in [0.15, 0.2) is 36.2 Å². The zero-order valence-electron chi connectivity index (χ0n) is 17.4. The number of hydrogen-bond acceptors (Lipinski definition) is 2. The molecule has 1 N–H and O–H groups in total. The van der Waals surface area contributed by atoms with Crippen molar-refractivity contribution in [3.8, 4) is 0 Å². The highest BCUT2D eigenvalue weighted by molar-refractivity contribution is 5.79. The maximum atomic E-state index is 12.2. The van der Waals surface area contributed by atoms with E-state index >= 15 is 0 Å². The highest BCUT2D eigenvalue weighted by Gasteiger charge is 2.55. The summed E-state index contributed by atoms with van der Waals surface area (Å²) in [6.45, 7) is 7.93. The van der Waals surface area contributed by atoms with Crippen LogP contribution in [0, 0.1) is 35.5 Å². The van der Waals surface area contributed by atoms with E-state index in [0.29, 0.717) is 17.8 Å². The molecular weight excluding hydrogens is 344 g/mol. The summed E-state index contributed by atoms with van der Waals surface area (Å²) < 4.78 is 0. The third-order valence-electron chi connectivity index (χ3n) is 8.71. The van der Waals surface area contributed by atoms with Gasteiger partial charge in [0.2, 0.25) is 5.91 Å². The molecule has 2 heterocycles. The summed E-state index contributed by atoms with van der Waals surface area (Å²) in [6, 6.07) is 2.29. The van der Waals surface area contributed by atoms with Gasteiger partial charge >= 0.3 is 0 Å². The molecule has 3 fully saturated rings. The van der Waals surface area contributed by atoms with E-state index in [0.717, 1.165) is 19.4 Å². The summed E-state index contributed by atoms with van der Waals surface area (Å²) in [7, 11) is 0. The molecule has 0 bridgehead atoms. The van der Waals surface area contributed by atoms with E-state index in [1.807, 2.05) is 12.4 Å². The lowest BCUT2D eigenvalue weighted by Crippen LogP contribution is -2.48. The highest BCUT2D eigenvalue weighted by atomic mass is 16.1. The van der Waals surface area contributed by atoms with E-state index in [4.69, 9.17) is 0 Å². The molecule has 1 aromatic rings. The lowest BCUT2D eigenvalue weighted by molar-refractivity contribution is -0.123. The summed E-state index contributed by atoms with van der Waals surface area (Å²) in [5.74, 6) is 2.20. The largest absolute Gasteiger partial charge is 0.356 e. The Hall–Kier alpha value is -1.90. The minimum Gasteiger partial charge on any atom is -0.356 e. The molecule has 1 aliphatic heterocycles. The summed E-state index contributed by atoms with van der Waals surface area (Å²) in [4.78, 5) is 16.6. The number of pyridine rings is 1. The van der Waals surface area contributed by atoms with Crippen molar-refractivity contribution in [3.05, 3.63) is 47.3 Å². The number of aryl methyl sites for hydroxylation is 1. The van der Waals surface area contributed by atoms with Crippen molar-refractivity contribution in [2.24, 2.45) is 28.6 Å². The van der Waals surface area contributed by atoms with Crippen molar-refractivity contribution < 1.29 is 4.79 Å². The number of fused-ring (bicyclic) bond motifs is 5. The van der Waals surface area contributed by atoms with E-state index in [1.165, 1.54) is 42.4 Å². The predicted molar refractivity (Wildman–Crippen MR) is 112 cm³/mol. The molecule has 0 spiro atoms. The molecule has 3 aliphatic carbocycles. The van der Waals surface area contributed by atoms with Crippen LogP contribution in [0.3, 0.4) is 0 Å². The molecule has 3 nitrogen and oxygen atoms in total. The van der Waals surface area contributed by atoms with Gasteiger partial charge in [0.1, 0.15) is 0 Å². The van der Waals surface area contributed by atoms with E-state index in [1.54, 1.807) is 5.57 Å². The SMILES string of the molecule is Cc1cncc(C2=CC=C3[C@@H]4CCC5CC(=O)NCC[C@]5(C)[C@H]4CC[C@]23C)c1. The van der Waals surface area contributed by atoms with Gasteiger partial charge in [-0.05, 0) is 85.0 Å². The number of nitrogens with zero attached hydrogens (tertiary/aromatic N) is 1. The first-order valence-electron chi connectivity index (χ1n) is 11.0. The topological polar surface area (TPSA) is 42.0 Å². The summed E-state index contributed by atoms with van der Waals surface area (Å²) >= 11 is 0. The van der Waals surface area contributed by atoms with Gasteiger partial charge in [-0.2, -0.15) is 0 Å². The molecule has 4 aliphatic rings. The summed E-state index contributed by atoms with van der Waals surface area (Å²) in [6.07, 6.45) is 15.6. The molecule has 28 heavy (non-hydrogen) atoms. The fraction of sp³-hybridized carbons (Fsp3) is 0.600. The van der Waals surface area contributed by atoms with Crippen LogP contribution in [0.5, 0.6) is 0 Å². The Balaban J connectivity index is 1.47. The average molecular weight is 377 g/mol. The number of aromatic nitrogens is 1. The molecule has 1 saturated heterocycles. The highest BCUT2D eigenvalue weighted by Crippen LogP contribution is 2.65. The van der Waals surface area contributed by atoms with Gasteiger partial charge in [0.15, 0.2) is 0 Å². The number of nitrogens with one attached hydrogen (secondary N) is 1. The number of allylic oxidation sites excluding steroid dienone is 4. The second-order valence-electron chi connectivity index (χ2n) is 10.1. The fourth-order valence-electron chi connectivity index (χ4n) is 7.14. The first kappa shape index (κ1) is 18.1. The Bertz CT molecular complexity index is 884. The van der Waals surface area contributed by atoms with Crippen LogP contribution in [-0.4, -0.2) is 17.4 Å². The molecule has 2 saturated carbocycles. The third-order valence-corrected chi connectivity index (χ3v) is 8.71. The normalized spacial score (nSPS) is 39.7. The van der Waals surface area contributed by atoms with E-state index in [-0.39, 0.29) is 16.7 Å². The van der Waals surface area contributed by atoms with Crippen molar-refractivity contribution in [1.82, 2.24) is 10.3 Å². The predicted octanol–water partition coefficient (Wildman–Crippen LogP) is 5.07. The van der Waals surface area contributed by atoms with Crippen LogP contribution in [0.25, 0.3) is 5.57 Å². The molecule has 0 aromatic carbocycles. The molecular formula is C25H32N2O. The lowest BCUT2D eigenvalue weighted by Gasteiger charge is -2.56. The quantitative estimate of drug-likeness (QED) is 0.743. The summed E-state index contributed by atoms with van der Waals surface area (Å²) in [5, 5.41) is 3.14. The second-order valence-corrected chi connectivity index (χ2v) is 10.1. The Morgan fingerprint density at radius 3 is 2.79 bits per heavy atom. The van der Waals surface area contributed by atoms with Gasteiger partial charge in [-0.1, -0.05) is 31.6 Å². The minimum atomic E-state index is 0.151. The first-order chi connectivity index (χ1) is 13.4. The zero-order valence-corrected chi connectivity index (χ0v) is 17.4. The van der Waals surface area contributed by atoms with Gasteiger partial charge in [-0.3, -0.25) is 9.78 Å². The molecule has 1 amide bonds. The van der Waals surface area contributed by atoms with Gasteiger partial charge in [0.25, 0.3) is 0 Å². The van der Waals surface area contributed by atoms with E-state index < -0.39 is 0 Å². The maximum absolute atomic E-state index is 12.2. The smallest absolute Gasteiger partial charge is 0.220 e. The van der Waals surface area contributed by atoms with Crippen molar-refractivity contribution >= 4 is 11.5 Å². The molecule has 3 heteroatoms. The Kier molecular flexibility index (Phi) is 4.08. The van der Waals surface area contributed by atoms with Gasteiger partial charge < -0.3 is 5.32 Å². The molecule has 1 unspecified atom stereocenters. The summed E-state index contributed by atoms with van der Waals surface area (Å²) in [5.41, 5.74) is 6.08. The number of rotatable bonds is 1. The zero-order chi connectivity index (χ0) is 19.5. The molecule has 5 rings (SSSR count). The average Bonchev–Trinajstić information content (AvgIpc) is 2.93. The van der Waals surface area contributed by atoms with E-state index in [9.17, 15) is 4.79 Å². The van der Waals surface area contributed by atoms with Crippen molar-refractivity contribution in [3.63, 3.8) is 0 Å². The Morgan fingerprint density at radius 2 is 1.96 bits per heavy atom. The number of carbonyl (C=O) groups is 1. The number of hydrogen-bond donors (Lipinski definition) is 1. The monoisotopic (exact) mass is 376 g/mol. The van der Waals surface area contributed by atoms with Crippen LogP contribution in [0.1, 0.15) is 63.5 Å². The molecule has 5 atom stereocenters. The van der Waals surface area contributed by atoms with Crippen molar-refractivity contribution in [2.45, 2.75) is 59.3 Å². The second kappa shape index (κ2) is 6.30. The van der Waals surface area contributed by atoms with Crippen LogP contribution in [0.2, 0.25) is 0 Å². The molecule has 148 valence electrons. The Labute approximate surface area is 168 Å². The van der Waals surface area contributed by atoms with Crippen LogP contribution < -0.4 is 5.32 Å². The standard InChI is InChI=1S/C25H32N2O/c1-16-12-17(15-26-14-16)20-6-7-21-19-5-4-18-13-23(28)27-11-10-24(18,2)22(19)8-9-25(20,21)3/h6-7,12,14-15,18-19,22H,4-5,8-11,13H2,1-3H3,(H,27,28)/t18?,19-,22-,24-,25+/m0/s1. The number of carbonyl (C=O) groups excluding carboxylic acids is 1.